The van der Waals surface area contributed by atoms with Gasteiger partial charge in [0.1, 0.15) is 12.8 Å². The summed E-state index contributed by atoms with van der Waals surface area (Å²) in [6.07, 6.45) is -1.45. The number of benzene rings is 3. The van der Waals surface area contributed by atoms with Crippen LogP contribution in [0.5, 0.6) is 11.5 Å². The molecule has 0 saturated heterocycles. The Labute approximate surface area is 259 Å². The summed E-state index contributed by atoms with van der Waals surface area (Å²) in [6, 6.07) is 24.6. The molecular formula is C33H41N3O7Si. The largest absolute Gasteiger partial charge is 0.466 e. The van der Waals surface area contributed by atoms with E-state index in [1.54, 1.807) is 19.1 Å². The predicted molar refractivity (Wildman–Crippen MR) is 170 cm³/mol. The fourth-order valence-corrected chi connectivity index (χ4v) is 10.6. The van der Waals surface area contributed by atoms with Crippen LogP contribution < -0.4 is 19.8 Å². The van der Waals surface area contributed by atoms with E-state index in [9.17, 15) is 10.3 Å². The lowest BCUT2D eigenvalue weighted by molar-refractivity contribution is -0.150. The molecule has 0 saturated carbocycles. The van der Waals surface area contributed by atoms with E-state index in [1.165, 1.54) is 7.11 Å². The molecule has 10 nitrogen and oxygen atoms in total. The third-order valence-corrected chi connectivity index (χ3v) is 12.9. The van der Waals surface area contributed by atoms with E-state index in [0.29, 0.717) is 17.1 Å². The molecule has 1 aliphatic heterocycles. The van der Waals surface area contributed by atoms with Crippen molar-refractivity contribution in [3.63, 3.8) is 0 Å². The molecule has 0 fully saturated rings. The number of methoxy groups -OCH3 is 1. The van der Waals surface area contributed by atoms with Gasteiger partial charge in [-0.25, -0.2) is 0 Å². The second-order valence-corrected chi connectivity index (χ2v) is 15.8. The van der Waals surface area contributed by atoms with Gasteiger partial charge in [-0.3, -0.25) is 4.79 Å². The number of ether oxygens (including phenoxy) is 5. The van der Waals surface area contributed by atoms with Crippen LogP contribution >= 0.6 is 0 Å². The molecule has 11 heteroatoms. The van der Waals surface area contributed by atoms with Crippen LogP contribution in [-0.2, 0) is 23.4 Å². The van der Waals surface area contributed by atoms with Crippen molar-refractivity contribution in [1.29, 1.82) is 0 Å². The summed E-state index contributed by atoms with van der Waals surface area (Å²) in [7, 11) is -1.53. The van der Waals surface area contributed by atoms with Crippen LogP contribution in [0, 0.1) is 0 Å². The Kier molecular flexibility index (Phi) is 11.1. The van der Waals surface area contributed by atoms with Gasteiger partial charge < -0.3 is 28.1 Å². The minimum absolute atomic E-state index is 0.0814. The van der Waals surface area contributed by atoms with Gasteiger partial charge in [-0.15, -0.1) is 0 Å². The summed E-state index contributed by atoms with van der Waals surface area (Å²) in [5.74, 6) is -0.406. The number of nitrogens with zero attached hydrogens (tertiary/aromatic N) is 3. The lowest BCUT2D eigenvalue weighted by atomic mass is 9.84. The lowest BCUT2D eigenvalue weighted by Gasteiger charge is -2.46. The number of hydrogen-bond donors (Lipinski definition) is 0. The second kappa shape index (κ2) is 14.7. The van der Waals surface area contributed by atoms with E-state index in [1.807, 2.05) is 49.4 Å². The van der Waals surface area contributed by atoms with Gasteiger partial charge in [0, 0.05) is 17.9 Å². The maximum absolute atomic E-state index is 13.4. The van der Waals surface area contributed by atoms with E-state index < -0.39 is 38.5 Å². The van der Waals surface area contributed by atoms with Crippen LogP contribution in [0.1, 0.15) is 46.1 Å². The highest BCUT2D eigenvalue weighted by molar-refractivity contribution is 6.99. The predicted octanol–water partition coefficient (Wildman–Crippen LogP) is 5.70. The van der Waals surface area contributed by atoms with Gasteiger partial charge in [-0.2, -0.15) is 0 Å². The normalized spacial score (nSPS) is 15.5. The molecule has 0 unspecified atom stereocenters. The van der Waals surface area contributed by atoms with Gasteiger partial charge in [0.25, 0.3) is 8.32 Å². The number of azide groups is 1. The van der Waals surface area contributed by atoms with Crippen LogP contribution in [0.2, 0.25) is 5.04 Å². The molecule has 0 aromatic heterocycles. The fraction of sp³-hybridized carbons (Fsp3) is 0.424. The van der Waals surface area contributed by atoms with E-state index in [-0.39, 0.29) is 25.2 Å². The summed E-state index contributed by atoms with van der Waals surface area (Å²) in [5, 5.41) is 5.81. The van der Waals surface area contributed by atoms with Crippen molar-refractivity contribution in [2.45, 2.75) is 63.8 Å². The second-order valence-electron chi connectivity index (χ2n) is 11.6. The van der Waals surface area contributed by atoms with E-state index in [2.05, 4.69) is 55.1 Å². The number of esters is 1. The zero-order valence-electron chi connectivity index (χ0n) is 26.1. The summed E-state index contributed by atoms with van der Waals surface area (Å²) in [4.78, 5) is 16.4. The first-order valence-electron chi connectivity index (χ1n) is 14.7. The first kappa shape index (κ1) is 33.0. The lowest BCUT2D eigenvalue weighted by Crippen LogP contribution is -2.68. The fourth-order valence-electron chi connectivity index (χ4n) is 5.94. The number of fused-ring (bicyclic) bond motifs is 1. The highest BCUT2D eigenvalue weighted by Gasteiger charge is 2.53. The van der Waals surface area contributed by atoms with Gasteiger partial charge in [-0.1, -0.05) is 92.6 Å². The molecule has 0 amide bonds. The molecule has 44 heavy (non-hydrogen) atoms. The first-order chi connectivity index (χ1) is 21.2. The standard InChI is InChI=1S/C33H41N3O7Si/c1-7-39-32(37)30(35-36-34)29(24-18-19-27-28(20-24)41-22-40-27)31(42-21-38-6)23(2)43-44(33(3,4)5,25-14-10-8-11-15-25)26-16-12-9-13-17-26/h8-20,23,29-31H,7,21-22H2,1-6H3/t23-,29-,30-,31+/m1/s1. The Hall–Kier alpha value is -3.86. The summed E-state index contributed by atoms with van der Waals surface area (Å²) in [6.45, 7) is 10.3. The van der Waals surface area contributed by atoms with E-state index >= 15 is 0 Å². The van der Waals surface area contributed by atoms with Crippen molar-refractivity contribution in [2.75, 3.05) is 27.3 Å². The molecule has 1 heterocycles. The third kappa shape index (κ3) is 6.93. The first-order valence-corrected chi connectivity index (χ1v) is 16.6. The third-order valence-electron chi connectivity index (χ3n) is 7.80. The Balaban J connectivity index is 1.91. The smallest absolute Gasteiger partial charge is 0.315 e. The van der Waals surface area contributed by atoms with Crippen molar-refractivity contribution in [3.05, 3.63) is 94.9 Å². The number of rotatable bonds is 14. The van der Waals surface area contributed by atoms with Crippen molar-refractivity contribution < 1.29 is 32.9 Å². The molecule has 4 rings (SSSR count). The van der Waals surface area contributed by atoms with Gasteiger partial charge in [-0.05, 0) is 52.5 Å². The Bertz CT molecular complexity index is 1390. The summed E-state index contributed by atoms with van der Waals surface area (Å²) < 4.78 is 35.8. The molecule has 0 bridgehead atoms. The number of hydrogen-bond acceptors (Lipinski definition) is 8. The topological polar surface area (TPSA) is 121 Å². The van der Waals surface area contributed by atoms with Gasteiger partial charge in [0.05, 0.1) is 18.8 Å². The molecule has 234 valence electrons. The van der Waals surface area contributed by atoms with Gasteiger partial charge >= 0.3 is 5.97 Å². The zero-order chi connectivity index (χ0) is 31.7. The molecular weight excluding hydrogens is 578 g/mol. The summed E-state index contributed by atoms with van der Waals surface area (Å²) >= 11 is 0. The van der Waals surface area contributed by atoms with Crippen molar-refractivity contribution in [3.8, 4) is 11.5 Å². The van der Waals surface area contributed by atoms with Crippen molar-refractivity contribution in [1.82, 2.24) is 0 Å². The van der Waals surface area contributed by atoms with Crippen molar-refractivity contribution in [2.24, 2.45) is 5.11 Å². The average molecular weight is 620 g/mol. The molecule has 0 spiro atoms. The summed E-state index contributed by atoms with van der Waals surface area (Å²) in [5.41, 5.74) is 10.2. The van der Waals surface area contributed by atoms with Crippen molar-refractivity contribution >= 4 is 24.7 Å². The molecule has 0 aliphatic carbocycles. The zero-order valence-corrected chi connectivity index (χ0v) is 27.1. The molecule has 4 atom stereocenters. The molecule has 3 aromatic rings. The highest BCUT2D eigenvalue weighted by atomic mass is 28.4. The average Bonchev–Trinajstić information content (AvgIpc) is 3.49. The quantitative estimate of drug-likeness (QED) is 0.0567. The molecule has 0 radical (unpaired) electrons. The van der Waals surface area contributed by atoms with E-state index in [4.69, 9.17) is 28.1 Å². The maximum atomic E-state index is 13.4. The monoisotopic (exact) mass is 619 g/mol. The maximum Gasteiger partial charge on any atom is 0.315 e. The minimum atomic E-state index is -3.06. The van der Waals surface area contributed by atoms with Crippen LogP contribution in [0.25, 0.3) is 10.4 Å². The molecule has 1 aliphatic rings. The number of carbonyl (C=O) groups excluding carboxylic acids is 1. The van der Waals surface area contributed by atoms with Crippen LogP contribution in [-0.4, -0.2) is 59.8 Å². The Morgan fingerprint density at radius 1 is 1.00 bits per heavy atom. The minimum Gasteiger partial charge on any atom is -0.466 e. The Morgan fingerprint density at radius 3 is 2.16 bits per heavy atom. The van der Waals surface area contributed by atoms with Crippen LogP contribution in [0.15, 0.2) is 84.0 Å². The van der Waals surface area contributed by atoms with Crippen LogP contribution in [0.4, 0.5) is 0 Å². The number of carbonyl (C=O) groups is 1. The van der Waals surface area contributed by atoms with Crippen LogP contribution in [0.3, 0.4) is 0 Å². The molecule has 3 aromatic carbocycles. The Morgan fingerprint density at radius 2 is 1.61 bits per heavy atom. The molecule has 0 N–H and O–H groups in total. The highest BCUT2D eigenvalue weighted by Crippen LogP contribution is 2.42. The van der Waals surface area contributed by atoms with E-state index in [0.717, 1.165) is 10.4 Å². The van der Waals surface area contributed by atoms with Gasteiger partial charge in [0.15, 0.2) is 11.5 Å². The van der Waals surface area contributed by atoms with Gasteiger partial charge in [0.2, 0.25) is 6.79 Å². The SMILES string of the molecule is CCOC(=O)[C@H](N=[N+]=[N-])[C@@H](c1ccc2c(c1)OCO2)[C@@H](OCOC)[C@@H](C)O[Si](c1ccccc1)(c1ccccc1)C(C)(C)C.